The number of ether oxygens (including phenoxy) is 2. The molecule has 1 unspecified atom stereocenters. The molecule has 0 aromatic rings. The van der Waals surface area contributed by atoms with Crippen molar-refractivity contribution in [1.29, 1.82) is 0 Å². The molecule has 0 spiro atoms. The van der Waals surface area contributed by atoms with E-state index in [1.165, 1.54) is 7.11 Å². The third-order valence-electron chi connectivity index (χ3n) is 2.33. The van der Waals surface area contributed by atoms with Crippen LogP contribution in [0.2, 0.25) is 0 Å². The van der Waals surface area contributed by atoms with Crippen molar-refractivity contribution < 1.29 is 27.4 Å². The van der Waals surface area contributed by atoms with E-state index in [-0.39, 0.29) is 19.7 Å². The van der Waals surface area contributed by atoms with E-state index in [9.17, 15) is 18.0 Å². The maximum atomic E-state index is 12.0. The number of methoxy groups -OCH3 is 1. The first-order valence-electron chi connectivity index (χ1n) is 4.91. The average Bonchev–Trinajstić information content (AvgIpc) is 2.25. The van der Waals surface area contributed by atoms with E-state index in [0.29, 0.717) is 6.54 Å². The second-order valence-electron chi connectivity index (χ2n) is 3.55. The molecule has 1 rings (SSSR count). The number of esters is 1. The molecular weight excluding hydrogens is 227 g/mol. The molecule has 94 valence electrons. The van der Waals surface area contributed by atoms with Gasteiger partial charge in [-0.1, -0.05) is 0 Å². The summed E-state index contributed by atoms with van der Waals surface area (Å²) in [6.45, 7) is 0.699. The third-order valence-corrected chi connectivity index (χ3v) is 2.33. The van der Waals surface area contributed by atoms with E-state index in [0.717, 1.165) is 0 Å². The highest BCUT2D eigenvalue weighted by Crippen LogP contribution is 2.20. The fourth-order valence-electron chi connectivity index (χ4n) is 1.46. The van der Waals surface area contributed by atoms with Crippen LogP contribution < -0.4 is 0 Å². The first kappa shape index (κ1) is 13.2. The summed E-state index contributed by atoms with van der Waals surface area (Å²) in [7, 11) is 1.22. The van der Waals surface area contributed by atoms with Gasteiger partial charge in [0.1, 0.15) is 0 Å². The van der Waals surface area contributed by atoms with Crippen LogP contribution in [0, 0.1) is 0 Å². The zero-order chi connectivity index (χ0) is 12.2. The first-order valence-corrected chi connectivity index (χ1v) is 4.91. The Morgan fingerprint density at radius 1 is 1.56 bits per heavy atom. The van der Waals surface area contributed by atoms with Crippen LogP contribution in [0.15, 0.2) is 0 Å². The molecule has 0 aromatic carbocycles. The van der Waals surface area contributed by atoms with Crippen molar-refractivity contribution in [2.24, 2.45) is 0 Å². The molecular formula is C9H14F3NO3. The average molecular weight is 241 g/mol. The van der Waals surface area contributed by atoms with Crippen molar-refractivity contribution in [3.63, 3.8) is 0 Å². The Labute approximate surface area is 91.3 Å². The van der Waals surface area contributed by atoms with Crippen LogP contribution in [0.3, 0.4) is 0 Å². The number of rotatable bonds is 3. The van der Waals surface area contributed by atoms with Crippen molar-refractivity contribution in [2.45, 2.75) is 18.7 Å². The van der Waals surface area contributed by atoms with Gasteiger partial charge >= 0.3 is 12.1 Å². The standard InChI is InChI=1S/C9H14F3NO3/c1-15-8(14)7-6-13(4-5-16-7)3-2-9(10,11)12/h7H,2-6H2,1H3. The van der Waals surface area contributed by atoms with Crippen LogP contribution in [-0.2, 0) is 14.3 Å². The van der Waals surface area contributed by atoms with Gasteiger partial charge in [0.15, 0.2) is 6.10 Å². The number of hydrogen-bond acceptors (Lipinski definition) is 4. The second-order valence-corrected chi connectivity index (χ2v) is 3.55. The minimum Gasteiger partial charge on any atom is -0.467 e. The minimum absolute atomic E-state index is 0.111. The monoisotopic (exact) mass is 241 g/mol. The van der Waals surface area contributed by atoms with Crippen LogP contribution in [0.5, 0.6) is 0 Å². The summed E-state index contributed by atoms with van der Waals surface area (Å²) in [4.78, 5) is 12.7. The van der Waals surface area contributed by atoms with Crippen LogP contribution >= 0.6 is 0 Å². The van der Waals surface area contributed by atoms with Gasteiger partial charge in [0.2, 0.25) is 0 Å². The van der Waals surface area contributed by atoms with Crippen LogP contribution in [0.1, 0.15) is 6.42 Å². The third kappa shape index (κ3) is 4.36. The first-order chi connectivity index (χ1) is 7.42. The maximum Gasteiger partial charge on any atom is 0.390 e. The lowest BCUT2D eigenvalue weighted by Crippen LogP contribution is -2.47. The highest BCUT2D eigenvalue weighted by Gasteiger charge is 2.31. The van der Waals surface area contributed by atoms with Crippen molar-refractivity contribution in [2.75, 3.05) is 33.4 Å². The molecule has 0 N–H and O–H groups in total. The van der Waals surface area contributed by atoms with Crippen molar-refractivity contribution in [3.05, 3.63) is 0 Å². The zero-order valence-corrected chi connectivity index (χ0v) is 8.92. The molecule has 16 heavy (non-hydrogen) atoms. The van der Waals surface area contributed by atoms with Crippen LogP contribution in [0.4, 0.5) is 13.2 Å². The van der Waals surface area contributed by atoms with Gasteiger partial charge in [-0.25, -0.2) is 4.79 Å². The lowest BCUT2D eigenvalue weighted by Gasteiger charge is -2.31. The van der Waals surface area contributed by atoms with E-state index in [2.05, 4.69) is 4.74 Å². The lowest BCUT2D eigenvalue weighted by atomic mass is 10.2. The summed E-state index contributed by atoms with van der Waals surface area (Å²) in [5, 5.41) is 0. The predicted molar refractivity (Wildman–Crippen MR) is 48.9 cm³/mol. The molecule has 1 fully saturated rings. The molecule has 1 aliphatic heterocycles. The number of morpholine rings is 1. The summed E-state index contributed by atoms with van der Waals surface area (Å²) in [6, 6.07) is 0. The topological polar surface area (TPSA) is 38.8 Å². The van der Waals surface area contributed by atoms with Crippen molar-refractivity contribution in [1.82, 2.24) is 4.90 Å². The van der Waals surface area contributed by atoms with Crippen molar-refractivity contribution in [3.8, 4) is 0 Å². The summed E-state index contributed by atoms with van der Waals surface area (Å²) in [6.07, 6.45) is -5.81. The normalized spacial score (nSPS) is 23.1. The van der Waals surface area contributed by atoms with Gasteiger partial charge in [-0.05, 0) is 0 Å². The fraction of sp³-hybridized carbons (Fsp3) is 0.889. The predicted octanol–water partition coefficient (Wildman–Crippen LogP) is 0.813. The molecule has 0 aliphatic carbocycles. The van der Waals surface area contributed by atoms with Gasteiger partial charge in [0, 0.05) is 19.6 Å². The van der Waals surface area contributed by atoms with Gasteiger partial charge in [0.05, 0.1) is 20.1 Å². The van der Waals surface area contributed by atoms with Gasteiger partial charge in [-0.3, -0.25) is 4.90 Å². The van der Waals surface area contributed by atoms with Gasteiger partial charge < -0.3 is 9.47 Å². The van der Waals surface area contributed by atoms with Gasteiger partial charge in [-0.15, -0.1) is 0 Å². The quantitative estimate of drug-likeness (QED) is 0.685. The Kier molecular flexibility index (Phi) is 4.55. The van der Waals surface area contributed by atoms with Gasteiger partial charge in [0.25, 0.3) is 0 Å². The molecule has 0 saturated carbocycles. The Bertz CT molecular complexity index is 245. The second kappa shape index (κ2) is 5.49. The summed E-state index contributed by atoms with van der Waals surface area (Å²) in [5.41, 5.74) is 0. The number of hydrogen-bond donors (Lipinski definition) is 0. The molecule has 0 aromatic heterocycles. The van der Waals surface area contributed by atoms with Crippen LogP contribution in [0.25, 0.3) is 0 Å². The van der Waals surface area contributed by atoms with Crippen molar-refractivity contribution >= 4 is 5.97 Å². The summed E-state index contributed by atoms with van der Waals surface area (Å²) < 4.78 is 45.5. The molecule has 0 bridgehead atoms. The number of carbonyl (C=O) groups is 1. The highest BCUT2D eigenvalue weighted by molar-refractivity contribution is 5.74. The van der Waals surface area contributed by atoms with E-state index < -0.39 is 24.7 Å². The SMILES string of the molecule is COC(=O)C1CN(CCC(F)(F)F)CCO1. The number of alkyl halides is 3. The van der Waals surface area contributed by atoms with E-state index in [1.807, 2.05) is 0 Å². The highest BCUT2D eigenvalue weighted by atomic mass is 19.4. The Morgan fingerprint density at radius 2 is 2.25 bits per heavy atom. The van der Waals surface area contributed by atoms with Gasteiger partial charge in [-0.2, -0.15) is 13.2 Å². The Hall–Kier alpha value is -0.820. The minimum atomic E-state index is -4.17. The number of nitrogens with zero attached hydrogens (tertiary/aromatic N) is 1. The molecule has 1 heterocycles. The molecule has 7 heteroatoms. The number of halogens is 3. The summed E-state index contributed by atoms with van der Waals surface area (Å²) in [5.74, 6) is -0.545. The molecule has 0 radical (unpaired) electrons. The molecule has 1 aliphatic rings. The van der Waals surface area contributed by atoms with E-state index in [1.54, 1.807) is 4.90 Å². The molecule has 0 amide bonds. The lowest BCUT2D eigenvalue weighted by molar-refractivity contribution is -0.162. The molecule has 4 nitrogen and oxygen atoms in total. The summed E-state index contributed by atoms with van der Waals surface area (Å²) >= 11 is 0. The zero-order valence-electron chi connectivity index (χ0n) is 8.92. The molecule has 1 atom stereocenters. The number of carbonyl (C=O) groups excluding carboxylic acids is 1. The van der Waals surface area contributed by atoms with E-state index >= 15 is 0 Å². The Morgan fingerprint density at radius 3 is 2.81 bits per heavy atom. The smallest absolute Gasteiger partial charge is 0.390 e. The van der Waals surface area contributed by atoms with E-state index in [4.69, 9.17) is 4.74 Å². The Balaban J connectivity index is 2.36. The molecule has 1 saturated heterocycles. The fourth-order valence-corrected chi connectivity index (χ4v) is 1.46. The van der Waals surface area contributed by atoms with Crippen LogP contribution in [-0.4, -0.2) is 56.5 Å². The largest absolute Gasteiger partial charge is 0.467 e. The maximum absolute atomic E-state index is 12.0.